The first-order valence-electron chi connectivity index (χ1n) is 6.94. The summed E-state index contributed by atoms with van der Waals surface area (Å²) in [6.45, 7) is -0.771. The predicted molar refractivity (Wildman–Crippen MR) is 73.1 cm³/mol. The standard InChI is InChI=1S/C15H11F6N3/c16-11-6-22-8-23-13(11)24-7-14(17,18)5-12(24)9-1-3-10(4-2-9)15(19,20)21/h1-4,6,8,12H,5,7H2. The van der Waals surface area contributed by atoms with Crippen molar-refractivity contribution >= 4 is 5.82 Å². The van der Waals surface area contributed by atoms with Crippen LogP contribution in [0.2, 0.25) is 0 Å². The Balaban J connectivity index is 1.97. The highest BCUT2D eigenvalue weighted by atomic mass is 19.4. The molecule has 1 aromatic heterocycles. The van der Waals surface area contributed by atoms with Gasteiger partial charge in [0.05, 0.1) is 24.3 Å². The lowest BCUT2D eigenvalue weighted by Crippen LogP contribution is -2.28. The van der Waals surface area contributed by atoms with Crippen LogP contribution in [0.25, 0.3) is 0 Å². The van der Waals surface area contributed by atoms with Crippen molar-refractivity contribution in [3.8, 4) is 0 Å². The molecule has 3 nitrogen and oxygen atoms in total. The minimum atomic E-state index is -4.52. The Labute approximate surface area is 132 Å². The van der Waals surface area contributed by atoms with Crippen LogP contribution in [0.1, 0.15) is 23.6 Å². The van der Waals surface area contributed by atoms with Crippen LogP contribution in [0.15, 0.2) is 36.8 Å². The summed E-state index contributed by atoms with van der Waals surface area (Å²) in [5.41, 5.74) is -0.644. The molecule has 2 aromatic rings. The van der Waals surface area contributed by atoms with Crippen molar-refractivity contribution in [2.45, 2.75) is 24.6 Å². The quantitative estimate of drug-likeness (QED) is 0.762. The fourth-order valence-electron chi connectivity index (χ4n) is 2.75. The maximum Gasteiger partial charge on any atom is 0.416 e. The lowest BCUT2D eigenvalue weighted by molar-refractivity contribution is -0.137. The topological polar surface area (TPSA) is 29.0 Å². The van der Waals surface area contributed by atoms with E-state index in [1.54, 1.807) is 0 Å². The van der Waals surface area contributed by atoms with Crippen LogP contribution in [0, 0.1) is 5.82 Å². The molecule has 1 aliphatic heterocycles. The van der Waals surface area contributed by atoms with Crippen LogP contribution in [-0.4, -0.2) is 22.4 Å². The number of hydrogen-bond acceptors (Lipinski definition) is 3. The Kier molecular flexibility index (Phi) is 3.89. The molecule has 1 fully saturated rings. The van der Waals surface area contributed by atoms with E-state index in [-0.39, 0.29) is 11.4 Å². The summed E-state index contributed by atoms with van der Waals surface area (Å²) >= 11 is 0. The van der Waals surface area contributed by atoms with Crippen LogP contribution in [0.3, 0.4) is 0 Å². The molecule has 1 atom stereocenters. The SMILES string of the molecule is Fc1cncnc1N1CC(F)(F)CC1c1ccc(C(F)(F)F)cc1. The molecule has 0 amide bonds. The first-order chi connectivity index (χ1) is 11.2. The minimum Gasteiger partial charge on any atom is -0.341 e. The van der Waals surface area contributed by atoms with Gasteiger partial charge in [0.2, 0.25) is 0 Å². The van der Waals surface area contributed by atoms with Gasteiger partial charge in [-0.15, -0.1) is 0 Å². The molecule has 0 bridgehead atoms. The Morgan fingerprint density at radius 3 is 2.38 bits per heavy atom. The molecule has 9 heteroatoms. The van der Waals surface area contributed by atoms with Crippen molar-refractivity contribution < 1.29 is 26.3 Å². The van der Waals surface area contributed by atoms with Gasteiger partial charge in [0, 0.05) is 6.42 Å². The van der Waals surface area contributed by atoms with E-state index >= 15 is 0 Å². The fourth-order valence-corrected chi connectivity index (χ4v) is 2.75. The van der Waals surface area contributed by atoms with Crippen molar-refractivity contribution in [3.05, 3.63) is 53.7 Å². The van der Waals surface area contributed by atoms with Crippen molar-refractivity contribution in [3.63, 3.8) is 0 Å². The summed E-state index contributed by atoms with van der Waals surface area (Å²) < 4.78 is 79.4. The van der Waals surface area contributed by atoms with E-state index < -0.39 is 42.5 Å². The summed E-state index contributed by atoms with van der Waals surface area (Å²) in [5.74, 6) is -4.27. The second-order valence-electron chi connectivity index (χ2n) is 5.52. The van der Waals surface area contributed by atoms with Crippen LogP contribution < -0.4 is 4.90 Å². The highest BCUT2D eigenvalue weighted by Gasteiger charge is 2.47. The summed E-state index contributed by atoms with van der Waals surface area (Å²) in [7, 11) is 0. The van der Waals surface area contributed by atoms with E-state index in [2.05, 4.69) is 9.97 Å². The normalized spacial score (nSPS) is 20.4. The number of hydrogen-bond donors (Lipinski definition) is 0. The monoisotopic (exact) mass is 347 g/mol. The van der Waals surface area contributed by atoms with E-state index in [4.69, 9.17) is 0 Å². The Morgan fingerprint density at radius 2 is 1.79 bits per heavy atom. The molecule has 0 saturated carbocycles. The third-order valence-electron chi connectivity index (χ3n) is 3.81. The van der Waals surface area contributed by atoms with E-state index in [0.29, 0.717) is 0 Å². The third kappa shape index (κ3) is 3.15. The lowest BCUT2D eigenvalue weighted by Gasteiger charge is -2.25. The number of rotatable bonds is 2. The highest BCUT2D eigenvalue weighted by molar-refractivity contribution is 5.46. The van der Waals surface area contributed by atoms with Crippen molar-refractivity contribution in [2.24, 2.45) is 0 Å². The van der Waals surface area contributed by atoms with E-state index in [1.165, 1.54) is 0 Å². The molecule has 1 aliphatic rings. The smallest absolute Gasteiger partial charge is 0.341 e. The van der Waals surface area contributed by atoms with Gasteiger partial charge in [-0.25, -0.2) is 23.1 Å². The molecular formula is C15H11F6N3. The van der Waals surface area contributed by atoms with Crippen LogP contribution in [0.4, 0.5) is 32.2 Å². The molecular weight excluding hydrogens is 336 g/mol. The first kappa shape index (κ1) is 16.5. The molecule has 2 heterocycles. The Bertz CT molecular complexity index is 729. The van der Waals surface area contributed by atoms with E-state index in [1.807, 2.05) is 0 Å². The zero-order valence-corrected chi connectivity index (χ0v) is 12.1. The fraction of sp³-hybridized carbons (Fsp3) is 0.333. The van der Waals surface area contributed by atoms with Gasteiger partial charge in [0.1, 0.15) is 6.33 Å². The molecule has 0 aliphatic carbocycles. The molecule has 3 rings (SSSR count). The summed E-state index contributed by atoms with van der Waals surface area (Å²) in [6.07, 6.45) is -3.28. The van der Waals surface area contributed by atoms with Crippen LogP contribution in [0.5, 0.6) is 0 Å². The maximum atomic E-state index is 13.8. The van der Waals surface area contributed by atoms with E-state index in [9.17, 15) is 26.3 Å². The molecule has 24 heavy (non-hydrogen) atoms. The summed E-state index contributed by atoms with van der Waals surface area (Å²) in [5, 5.41) is 0. The van der Waals surface area contributed by atoms with Crippen molar-refractivity contribution in [1.29, 1.82) is 0 Å². The third-order valence-corrected chi connectivity index (χ3v) is 3.81. The number of benzene rings is 1. The summed E-state index contributed by atoms with van der Waals surface area (Å²) in [6, 6.07) is 2.91. The number of anilines is 1. The van der Waals surface area contributed by atoms with Gasteiger partial charge in [-0.05, 0) is 17.7 Å². The van der Waals surface area contributed by atoms with Crippen LogP contribution >= 0.6 is 0 Å². The predicted octanol–water partition coefficient (Wildman–Crippen LogP) is 4.22. The molecule has 1 aromatic carbocycles. The number of nitrogens with zero attached hydrogens (tertiary/aromatic N) is 3. The molecule has 0 N–H and O–H groups in total. The largest absolute Gasteiger partial charge is 0.416 e. The van der Waals surface area contributed by atoms with Gasteiger partial charge < -0.3 is 4.90 Å². The summed E-state index contributed by atoms with van der Waals surface area (Å²) in [4.78, 5) is 8.20. The molecule has 0 radical (unpaired) electrons. The average Bonchev–Trinajstić information content (AvgIpc) is 2.83. The molecule has 0 spiro atoms. The van der Waals surface area contributed by atoms with Crippen LogP contribution in [-0.2, 0) is 6.18 Å². The van der Waals surface area contributed by atoms with Crippen molar-refractivity contribution in [2.75, 3.05) is 11.4 Å². The van der Waals surface area contributed by atoms with Gasteiger partial charge in [0.15, 0.2) is 11.6 Å². The second kappa shape index (κ2) is 5.64. The maximum absolute atomic E-state index is 13.8. The lowest BCUT2D eigenvalue weighted by atomic mass is 10.0. The minimum absolute atomic E-state index is 0.234. The van der Waals surface area contributed by atoms with Crippen molar-refractivity contribution in [1.82, 2.24) is 9.97 Å². The van der Waals surface area contributed by atoms with Gasteiger partial charge in [-0.3, -0.25) is 0 Å². The Hall–Kier alpha value is -2.32. The van der Waals surface area contributed by atoms with Gasteiger partial charge in [-0.1, -0.05) is 12.1 Å². The number of alkyl halides is 5. The molecule has 1 unspecified atom stereocenters. The first-order valence-corrected chi connectivity index (χ1v) is 6.94. The Morgan fingerprint density at radius 1 is 1.12 bits per heavy atom. The highest BCUT2D eigenvalue weighted by Crippen LogP contribution is 2.44. The zero-order chi connectivity index (χ0) is 17.5. The second-order valence-corrected chi connectivity index (χ2v) is 5.52. The van der Waals surface area contributed by atoms with E-state index in [0.717, 1.165) is 41.7 Å². The molecule has 1 saturated heterocycles. The zero-order valence-electron chi connectivity index (χ0n) is 12.1. The van der Waals surface area contributed by atoms with Gasteiger partial charge in [-0.2, -0.15) is 13.2 Å². The van der Waals surface area contributed by atoms with Gasteiger partial charge >= 0.3 is 6.18 Å². The molecule has 128 valence electrons. The van der Waals surface area contributed by atoms with Gasteiger partial charge in [0.25, 0.3) is 5.92 Å². The average molecular weight is 347 g/mol. The number of aromatic nitrogens is 2. The number of halogens is 6.